The molecule has 3 nitrogen and oxygen atoms in total. The van der Waals surface area contributed by atoms with Gasteiger partial charge in [-0.2, -0.15) is 0 Å². The van der Waals surface area contributed by atoms with Gasteiger partial charge in [-0.25, -0.2) is 0 Å². The summed E-state index contributed by atoms with van der Waals surface area (Å²) in [6, 6.07) is 25.2. The molecule has 2 aliphatic carbocycles. The van der Waals surface area contributed by atoms with Crippen molar-refractivity contribution in [2.45, 2.75) is 31.2 Å². The molecule has 6 rings (SSSR count). The summed E-state index contributed by atoms with van der Waals surface area (Å²) < 4.78 is 0.891. The Labute approximate surface area is 191 Å². The highest BCUT2D eigenvalue weighted by molar-refractivity contribution is 9.10. The van der Waals surface area contributed by atoms with E-state index in [0.29, 0.717) is 17.9 Å². The van der Waals surface area contributed by atoms with E-state index in [0.717, 1.165) is 27.6 Å². The van der Waals surface area contributed by atoms with Gasteiger partial charge in [-0.3, -0.25) is 4.79 Å². The van der Waals surface area contributed by atoms with E-state index >= 15 is 0 Å². The number of benzene rings is 3. The van der Waals surface area contributed by atoms with Gasteiger partial charge in [-0.1, -0.05) is 42.5 Å². The predicted molar refractivity (Wildman–Crippen MR) is 128 cm³/mol. The van der Waals surface area contributed by atoms with Gasteiger partial charge in [-0.15, -0.1) is 0 Å². The summed E-state index contributed by atoms with van der Waals surface area (Å²) in [5.41, 5.74) is 5.44. The zero-order chi connectivity index (χ0) is 20.9. The second kappa shape index (κ2) is 7.52. The van der Waals surface area contributed by atoms with E-state index < -0.39 is 0 Å². The Morgan fingerprint density at radius 3 is 2.55 bits per heavy atom. The lowest BCUT2D eigenvalue weighted by atomic mass is 9.68. The van der Waals surface area contributed by atoms with Gasteiger partial charge in [-0.05, 0) is 100 Å². The minimum absolute atomic E-state index is 0.0559. The average molecular weight is 473 g/mol. The molecule has 0 radical (unpaired) electrons. The number of para-hydroxylation sites is 1. The number of nitrogens with one attached hydrogen (secondary N) is 2. The second-order valence-corrected chi connectivity index (χ2v) is 10.1. The molecule has 5 atom stereocenters. The summed E-state index contributed by atoms with van der Waals surface area (Å²) in [7, 11) is 0. The van der Waals surface area contributed by atoms with E-state index in [9.17, 15) is 4.79 Å². The first-order valence-electron chi connectivity index (χ1n) is 11.2. The van der Waals surface area contributed by atoms with Crippen LogP contribution in [0.3, 0.4) is 0 Å². The minimum Gasteiger partial charge on any atom is -0.378 e. The molecule has 2 bridgehead atoms. The van der Waals surface area contributed by atoms with Crippen molar-refractivity contribution < 1.29 is 4.79 Å². The maximum atomic E-state index is 13.0. The van der Waals surface area contributed by atoms with Crippen LogP contribution in [0.2, 0.25) is 0 Å². The molecule has 2 N–H and O–H groups in total. The highest BCUT2D eigenvalue weighted by Gasteiger charge is 2.53. The molecule has 3 aliphatic rings. The fourth-order valence-electron chi connectivity index (χ4n) is 6.37. The fraction of sp³-hybridized carbons (Fsp3) is 0.296. The van der Waals surface area contributed by atoms with E-state index in [4.69, 9.17) is 0 Å². The van der Waals surface area contributed by atoms with Crippen molar-refractivity contribution in [3.8, 4) is 0 Å². The highest BCUT2D eigenvalue weighted by Crippen LogP contribution is 2.63. The maximum absolute atomic E-state index is 13.0. The number of carbonyl (C=O) groups excluding carboxylic acids is 1. The van der Waals surface area contributed by atoms with Gasteiger partial charge < -0.3 is 10.6 Å². The molecule has 3 aromatic rings. The number of fused-ring (bicyclic) bond motifs is 7. The molecule has 156 valence electrons. The number of hydrogen-bond acceptors (Lipinski definition) is 2. The molecule has 2 fully saturated rings. The number of hydrogen-bond donors (Lipinski definition) is 2. The molecule has 0 aromatic heterocycles. The van der Waals surface area contributed by atoms with Gasteiger partial charge in [0.25, 0.3) is 5.91 Å². The minimum atomic E-state index is -0.0559. The number of carbonyl (C=O) groups is 1. The third-order valence-electron chi connectivity index (χ3n) is 7.63. The number of halogens is 1. The molecule has 4 heteroatoms. The van der Waals surface area contributed by atoms with Crippen LogP contribution in [0.5, 0.6) is 0 Å². The van der Waals surface area contributed by atoms with Crippen molar-refractivity contribution in [3.63, 3.8) is 0 Å². The summed E-state index contributed by atoms with van der Waals surface area (Å²) >= 11 is 3.52. The zero-order valence-electron chi connectivity index (χ0n) is 17.2. The van der Waals surface area contributed by atoms with Crippen LogP contribution in [0.25, 0.3) is 0 Å². The van der Waals surface area contributed by atoms with Gasteiger partial charge in [0.1, 0.15) is 0 Å². The first-order chi connectivity index (χ1) is 15.2. The largest absolute Gasteiger partial charge is 0.378 e. The van der Waals surface area contributed by atoms with Crippen LogP contribution < -0.4 is 10.6 Å². The quantitative estimate of drug-likeness (QED) is 0.430. The molecule has 3 aromatic carbocycles. The van der Waals surface area contributed by atoms with Gasteiger partial charge in [0.2, 0.25) is 0 Å². The Kier molecular flexibility index (Phi) is 4.64. The SMILES string of the molecule is O=C(Nc1ccccc1Br)c1ccc2c(c1)[C@@H]1[C@H]3CC[C@@H](C3)[C@H]1[C@H](c1ccccc1)N2. The summed E-state index contributed by atoms with van der Waals surface area (Å²) in [4.78, 5) is 13.0. The average Bonchev–Trinajstić information content (AvgIpc) is 3.43. The van der Waals surface area contributed by atoms with E-state index in [1.165, 1.54) is 36.1 Å². The lowest BCUT2D eigenvalue weighted by molar-refractivity contribution is 0.102. The van der Waals surface area contributed by atoms with Gasteiger partial charge in [0, 0.05) is 15.7 Å². The Morgan fingerprint density at radius 2 is 1.71 bits per heavy atom. The molecule has 2 saturated carbocycles. The van der Waals surface area contributed by atoms with E-state index in [1.807, 2.05) is 30.3 Å². The van der Waals surface area contributed by atoms with Crippen LogP contribution in [0.15, 0.2) is 77.3 Å². The third-order valence-corrected chi connectivity index (χ3v) is 8.32. The number of rotatable bonds is 3. The smallest absolute Gasteiger partial charge is 0.255 e. The molecule has 1 heterocycles. The molecule has 0 unspecified atom stereocenters. The standard InChI is InChI=1S/C27H25BrN2O/c28-21-8-4-5-9-23(21)30-27(31)19-12-13-22-20(15-19)24-17-10-11-18(14-17)25(24)26(29-22)16-6-2-1-3-7-16/h1-9,12-13,15,17-18,24-26,29H,10-11,14H2,(H,30,31)/t17-,18-,24-,25+,26-/m0/s1. The predicted octanol–water partition coefficient (Wildman–Crippen LogP) is 7.00. The van der Waals surface area contributed by atoms with Gasteiger partial charge in [0.05, 0.1) is 11.7 Å². The van der Waals surface area contributed by atoms with Crippen LogP contribution in [0.1, 0.15) is 52.7 Å². The lowest BCUT2D eigenvalue weighted by Crippen LogP contribution is -2.35. The van der Waals surface area contributed by atoms with E-state index in [2.05, 4.69) is 69.0 Å². The Morgan fingerprint density at radius 1 is 0.935 bits per heavy atom. The molecule has 0 spiro atoms. The van der Waals surface area contributed by atoms with Crippen LogP contribution >= 0.6 is 15.9 Å². The van der Waals surface area contributed by atoms with Gasteiger partial charge in [0.15, 0.2) is 0 Å². The molecule has 1 amide bonds. The topological polar surface area (TPSA) is 41.1 Å². The summed E-state index contributed by atoms with van der Waals surface area (Å²) in [5, 5.41) is 6.91. The molecule has 1 aliphatic heterocycles. The normalized spacial score (nSPS) is 27.8. The van der Waals surface area contributed by atoms with Crippen molar-refractivity contribution in [1.29, 1.82) is 0 Å². The van der Waals surface area contributed by atoms with Crippen molar-refractivity contribution in [2.24, 2.45) is 17.8 Å². The highest BCUT2D eigenvalue weighted by atomic mass is 79.9. The molecular weight excluding hydrogens is 448 g/mol. The van der Waals surface area contributed by atoms with Crippen LogP contribution in [0.4, 0.5) is 11.4 Å². The fourth-order valence-corrected chi connectivity index (χ4v) is 6.76. The number of amides is 1. The maximum Gasteiger partial charge on any atom is 0.255 e. The number of anilines is 2. The summed E-state index contributed by atoms with van der Waals surface area (Å²) in [5.74, 6) is 2.61. The Balaban J connectivity index is 1.36. The van der Waals surface area contributed by atoms with Crippen molar-refractivity contribution in [3.05, 3.63) is 94.0 Å². The van der Waals surface area contributed by atoms with Gasteiger partial charge >= 0.3 is 0 Å². The first-order valence-corrected chi connectivity index (χ1v) is 12.0. The third kappa shape index (κ3) is 3.20. The lowest BCUT2D eigenvalue weighted by Gasteiger charge is -2.43. The summed E-state index contributed by atoms with van der Waals surface area (Å²) in [6.07, 6.45) is 3.99. The van der Waals surface area contributed by atoms with E-state index in [-0.39, 0.29) is 5.91 Å². The van der Waals surface area contributed by atoms with E-state index in [1.54, 1.807) is 0 Å². The van der Waals surface area contributed by atoms with Crippen LogP contribution in [-0.2, 0) is 0 Å². The van der Waals surface area contributed by atoms with Crippen molar-refractivity contribution in [2.75, 3.05) is 10.6 Å². The van der Waals surface area contributed by atoms with Crippen LogP contribution in [0, 0.1) is 17.8 Å². The molecule has 31 heavy (non-hydrogen) atoms. The zero-order valence-corrected chi connectivity index (χ0v) is 18.8. The van der Waals surface area contributed by atoms with Crippen LogP contribution in [-0.4, -0.2) is 5.91 Å². The molecule has 0 saturated heterocycles. The first kappa shape index (κ1) is 19.1. The second-order valence-electron chi connectivity index (χ2n) is 9.21. The van der Waals surface area contributed by atoms with Crippen molar-refractivity contribution >= 4 is 33.2 Å². The summed E-state index contributed by atoms with van der Waals surface area (Å²) in [6.45, 7) is 0. The monoisotopic (exact) mass is 472 g/mol. The Bertz CT molecular complexity index is 1140. The molecular formula is C27H25BrN2O. The van der Waals surface area contributed by atoms with Crippen molar-refractivity contribution in [1.82, 2.24) is 0 Å². The Hall–Kier alpha value is -2.59.